The SMILES string of the molecule is CCCc1nc(Br)cc(Oc2ccc(OCc3ccccc3)cc2)n1. The maximum atomic E-state index is 5.83. The third-order valence-electron chi connectivity index (χ3n) is 3.49. The van der Waals surface area contributed by atoms with Gasteiger partial charge in [0, 0.05) is 12.5 Å². The number of halogens is 1. The molecule has 0 saturated heterocycles. The summed E-state index contributed by atoms with van der Waals surface area (Å²) in [6.45, 7) is 2.64. The van der Waals surface area contributed by atoms with E-state index in [0.717, 1.165) is 34.6 Å². The molecule has 0 amide bonds. The summed E-state index contributed by atoms with van der Waals surface area (Å²) in [4.78, 5) is 8.76. The van der Waals surface area contributed by atoms with Crippen LogP contribution in [0.3, 0.4) is 0 Å². The van der Waals surface area contributed by atoms with Crippen LogP contribution in [0.4, 0.5) is 0 Å². The molecule has 25 heavy (non-hydrogen) atoms. The number of hydrogen-bond acceptors (Lipinski definition) is 4. The molecule has 0 N–H and O–H groups in total. The third kappa shape index (κ3) is 5.29. The van der Waals surface area contributed by atoms with Gasteiger partial charge in [-0.1, -0.05) is 37.3 Å². The van der Waals surface area contributed by atoms with Crippen LogP contribution in [-0.4, -0.2) is 9.97 Å². The van der Waals surface area contributed by atoms with Crippen LogP contribution in [0.5, 0.6) is 17.4 Å². The summed E-state index contributed by atoms with van der Waals surface area (Å²) in [5.74, 6) is 2.81. The van der Waals surface area contributed by atoms with Gasteiger partial charge in [-0.3, -0.25) is 0 Å². The Balaban J connectivity index is 1.62. The summed E-state index contributed by atoms with van der Waals surface area (Å²) in [5, 5.41) is 0. The van der Waals surface area contributed by atoms with E-state index in [4.69, 9.17) is 9.47 Å². The van der Waals surface area contributed by atoms with E-state index in [0.29, 0.717) is 18.2 Å². The maximum absolute atomic E-state index is 5.83. The van der Waals surface area contributed by atoms with Gasteiger partial charge in [-0.05, 0) is 52.2 Å². The van der Waals surface area contributed by atoms with E-state index in [2.05, 4.69) is 32.8 Å². The summed E-state index contributed by atoms with van der Waals surface area (Å²) >= 11 is 3.40. The smallest absolute Gasteiger partial charge is 0.223 e. The fourth-order valence-electron chi connectivity index (χ4n) is 2.30. The van der Waals surface area contributed by atoms with Gasteiger partial charge >= 0.3 is 0 Å². The van der Waals surface area contributed by atoms with Crippen LogP contribution in [0.1, 0.15) is 24.7 Å². The molecule has 3 rings (SSSR count). The molecule has 5 heteroatoms. The van der Waals surface area contributed by atoms with Crippen LogP contribution in [0.2, 0.25) is 0 Å². The van der Waals surface area contributed by atoms with Crippen molar-refractivity contribution in [2.75, 3.05) is 0 Å². The summed E-state index contributed by atoms with van der Waals surface area (Å²) in [6.07, 6.45) is 1.81. The number of aromatic nitrogens is 2. The van der Waals surface area contributed by atoms with Crippen molar-refractivity contribution in [1.29, 1.82) is 0 Å². The molecule has 0 aliphatic carbocycles. The van der Waals surface area contributed by atoms with Gasteiger partial charge in [0.2, 0.25) is 5.88 Å². The van der Waals surface area contributed by atoms with Gasteiger partial charge in [-0.2, -0.15) is 4.98 Å². The fraction of sp³-hybridized carbons (Fsp3) is 0.200. The molecule has 0 bridgehead atoms. The molecule has 0 aliphatic heterocycles. The Morgan fingerprint density at radius 1 is 0.920 bits per heavy atom. The highest BCUT2D eigenvalue weighted by Crippen LogP contribution is 2.25. The van der Waals surface area contributed by atoms with Gasteiger partial charge in [0.15, 0.2) is 0 Å². The van der Waals surface area contributed by atoms with Gasteiger partial charge in [0.05, 0.1) is 0 Å². The van der Waals surface area contributed by atoms with Gasteiger partial charge in [0.25, 0.3) is 0 Å². The molecule has 1 aromatic heterocycles. The van der Waals surface area contributed by atoms with E-state index >= 15 is 0 Å². The van der Waals surface area contributed by atoms with E-state index in [9.17, 15) is 0 Å². The van der Waals surface area contributed by atoms with Crippen molar-refractivity contribution in [3.05, 3.63) is 76.7 Å². The van der Waals surface area contributed by atoms with Crippen LogP contribution >= 0.6 is 15.9 Å². The summed E-state index contributed by atoms with van der Waals surface area (Å²) in [7, 11) is 0. The number of benzene rings is 2. The number of ether oxygens (including phenoxy) is 2. The standard InChI is InChI=1S/C20H19BrN2O2/c1-2-6-19-22-18(21)13-20(23-19)25-17-11-9-16(10-12-17)24-14-15-7-4-3-5-8-15/h3-5,7-13H,2,6,14H2,1H3. The first-order valence-electron chi connectivity index (χ1n) is 8.21. The Morgan fingerprint density at radius 3 is 2.36 bits per heavy atom. The first-order valence-corrected chi connectivity index (χ1v) is 9.00. The monoisotopic (exact) mass is 398 g/mol. The largest absolute Gasteiger partial charge is 0.489 e. The molecule has 0 atom stereocenters. The van der Waals surface area contributed by atoms with E-state index in [1.807, 2.05) is 54.6 Å². The van der Waals surface area contributed by atoms with Crippen molar-refractivity contribution in [1.82, 2.24) is 9.97 Å². The molecule has 0 saturated carbocycles. The molecular formula is C20H19BrN2O2. The fourth-order valence-corrected chi connectivity index (χ4v) is 2.70. The highest BCUT2D eigenvalue weighted by atomic mass is 79.9. The van der Waals surface area contributed by atoms with Crippen LogP contribution in [0.15, 0.2) is 65.3 Å². The molecule has 2 aromatic carbocycles. The average Bonchev–Trinajstić information content (AvgIpc) is 2.62. The zero-order valence-corrected chi connectivity index (χ0v) is 15.6. The lowest BCUT2D eigenvalue weighted by Gasteiger charge is -2.09. The summed E-state index contributed by atoms with van der Waals surface area (Å²) in [5.41, 5.74) is 1.14. The molecule has 3 aromatic rings. The van der Waals surface area contributed by atoms with E-state index in [1.54, 1.807) is 6.07 Å². The molecular weight excluding hydrogens is 380 g/mol. The van der Waals surface area contributed by atoms with Crippen LogP contribution in [-0.2, 0) is 13.0 Å². The van der Waals surface area contributed by atoms with Crippen molar-refractivity contribution in [3.63, 3.8) is 0 Å². The van der Waals surface area contributed by atoms with E-state index < -0.39 is 0 Å². The number of rotatable bonds is 7. The highest BCUT2D eigenvalue weighted by Gasteiger charge is 2.05. The summed E-state index contributed by atoms with van der Waals surface area (Å²) < 4.78 is 12.3. The first kappa shape index (κ1) is 17.4. The van der Waals surface area contributed by atoms with Crippen LogP contribution in [0.25, 0.3) is 0 Å². The minimum Gasteiger partial charge on any atom is -0.489 e. The van der Waals surface area contributed by atoms with Crippen LogP contribution < -0.4 is 9.47 Å². The molecule has 0 aliphatic rings. The zero-order valence-electron chi connectivity index (χ0n) is 14.0. The Labute approximate surface area is 156 Å². The Kier molecular flexibility index (Phi) is 6.01. The van der Waals surface area contributed by atoms with Crippen molar-refractivity contribution in [2.24, 2.45) is 0 Å². The number of nitrogens with zero attached hydrogens (tertiary/aromatic N) is 2. The molecule has 0 radical (unpaired) electrons. The minimum absolute atomic E-state index is 0.531. The number of aryl methyl sites for hydroxylation is 1. The van der Waals surface area contributed by atoms with Gasteiger partial charge in [0.1, 0.15) is 28.5 Å². The Morgan fingerprint density at radius 2 is 1.64 bits per heavy atom. The quantitative estimate of drug-likeness (QED) is 0.488. The lowest BCUT2D eigenvalue weighted by atomic mass is 10.2. The normalized spacial score (nSPS) is 10.5. The molecule has 0 unspecified atom stereocenters. The van der Waals surface area contributed by atoms with Gasteiger partial charge < -0.3 is 9.47 Å². The summed E-state index contributed by atoms with van der Waals surface area (Å²) in [6, 6.07) is 19.4. The second-order valence-corrected chi connectivity index (χ2v) is 6.36. The lowest BCUT2D eigenvalue weighted by molar-refractivity contribution is 0.305. The van der Waals surface area contributed by atoms with Gasteiger partial charge in [-0.15, -0.1) is 0 Å². The van der Waals surface area contributed by atoms with Crippen LogP contribution in [0, 0.1) is 0 Å². The molecule has 0 fully saturated rings. The van der Waals surface area contributed by atoms with Gasteiger partial charge in [-0.25, -0.2) is 4.98 Å². The lowest BCUT2D eigenvalue weighted by Crippen LogP contribution is -1.98. The minimum atomic E-state index is 0.531. The Bertz CT molecular complexity index is 808. The zero-order chi connectivity index (χ0) is 17.5. The Hall–Kier alpha value is -2.40. The molecule has 0 spiro atoms. The second kappa shape index (κ2) is 8.62. The second-order valence-electron chi connectivity index (χ2n) is 5.54. The predicted octanol–water partition coefficient (Wildman–Crippen LogP) is 5.56. The maximum Gasteiger partial charge on any atom is 0.223 e. The molecule has 4 nitrogen and oxygen atoms in total. The van der Waals surface area contributed by atoms with E-state index in [1.165, 1.54) is 0 Å². The molecule has 1 heterocycles. The average molecular weight is 399 g/mol. The van der Waals surface area contributed by atoms with E-state index in [-0.39, 0.29) is 0 Å². The topological polar surface area (TPSA) is 44.2 Å². The van der Waals surface area contributed by atoms with Crippen molar-refractivity contribution in [3.8, 4) is 17.4 Å². The first-order chi connectivity index (χ1) is 12.2. The number of hydrogen-bond donors (Lipinski definition) is 0. The third-order valence-corrected chi connectivity index (χ3v) is 3.89. The van der Waals surface area contributed by atoms with Crippen molar-refractivity contribution < 1.29 is 9.47 Å². The van der Waals surface area contributed by atoms with Crippen molar-refractivity contribution in [2.45, 2.75) is 26.4 Å². The predicted molar refractivity (Wildman–Crippen MR) is 101 cm³/mol. The van der Waals surface area contributed by atoms with Crippen molar-refractivity contribution >= 4 is 15.9 Å². The highest BCUT2D eigenvalue weighted by molar-refractivity contribution is 9.10. The molecule has 128 valence electrons.